The second-order valence-corrected chi connectivity index (χ2v) is 5.86. The summed E-state index contributed by atoms with van der Waals surface area (Å²) >= 11 is 6.84. The fraction of sp³-hybridized carbons (Fsp3) is 0. The summed E-state index contributed by atoms with van der Waals surface area (Å²) in [6.45, 7) is 0. The molecule has 0 aliphatic carbocycles. The van der Waals surface area contributed by atoms with Crippen LogP contribution in [0, 0.1) is 0 Å². The van der Waals surface area contributed by atoms with Crippen LogP contribution in [0.25, 0.3) is 16.9 Å². The first-order chi connectivity index (χ1) is 9.22. The van der Waals surface area contributed by atoms with E-state index in [1.807, 2.05) is 54.7 Å². The van der Waals surface area contributed by atoms with Crippen molar-refractivity contribution < 1.29 is 0 Å². The van der Waals surface area contributed by atoms with Gasteiger partial charge in [0.1, 0.15) is 5.69 Å². The SMILES string of the molecule is Brc1ccc(-c2cn(-c3ccc(Br)cc3)nn2)cc1. The third kappa shape index (κ3) is 2.77. The molecule has 0 aliphatic heterocycles. The van der Waals surface area contributed by atoms with Gasteiger partial charge in [0.15, 0.2) is 0 Å². The van der Waals surface area contributed by atoms with Crippen molar-refractivity contribution in [2.75, 3.05) is 0 Å². The van der Waals surface area contributed by atoms with E-state index in [1.165, 1.54) is 0 Å². The molecule has 19 heavy (non-hydrogen) atoms. The van der Waals surface area contributed by atoms with Crippen LogP contribution in [0.1, 0.15) is 0 Å². The molecule has 0 aliphatic rings. The molecule has 0 bridgehead atoms. The third-order valence-corrected chi connectivity index (χ3v) is 3.78. The molecule has 94 valence electrons. The van der Waals surface area contributed by atoms with Gasteiger partial charge in [-0.05, 0) is 36.4 Å². The lowest BCUT2D eigenvalue weighted by Crippen LogP contribution is -1.93. The molecular weight excluding hydrogens is 370 g/mol. The minimum Gasteiger partial charge on any atom is -0.220 e. The quantitative estimate of drug-likeness (QED) is 0.659. The minimum absolute atomic E-state index is 0.857. The predicted molar refractivity (Wildman–Crippen MR) is 82.2 cm³/mol. The molecule has 0 radical (unpaired) electrons. The molecule has 0 spiro atoms. The zero-order valence-corrected chi connectivity index (χ0v) is 13.0. The van der Waals surface area contributed by atoms with Crippen LogP contribution in [-0.4, -0.2) is 15.0 Å². The van der Waals surface area contributed by atoms with E-state index < -0.39 is 0 Å². The molecule has 1 aromatic heterocycles. The largest absolute Gasteiger partial charge is 0.220 e. The van der Waals surface area contributed by atoms with Crippen molar-refractivity contribution in [3.05, 3.63) is 63.7 Å². The monoisotopic (exact) mass is 377 g/mol. The molecule has 3 nitrogen and oxygen atoms in total. The molecule has 1 heterocycles. The Morgan fingerprint density at radius 2 is 1.37 bits per heavy atom. The van der Waals surface area contributed by atoms with Crippen LogP contribution in [0.5, 0.6) is 0 Å². The van der Waals surface area contributed by atoms with Crippen LogP contribution in [0.3, 0.4) is 0 Å². The van der Waals surface area contributed by atoms with Crippen molar-refractivity contribution in [1.82, 2.24) is 15.0 Å². The van der Waals surface area contributed by atoms with Gasteiger partial charge in [-0.2, -0.15) is 0 Å². The Kier molecular flexibility index (Phi) is 3.48. The summed E-state index contributed by atoms with van der Waals surface area (Å²) in [5, 5.41) is 8.36. The van der Waals surface area contributed by atoms with E-state index in [-0.39, 0.29) is 0 Å². The summed E-state index contributed by atoms with van der Waals surface area (Å²) < 4.78 is 3.87. The summed E-state index contributed by atoms with van der Waals surface area (Å²) in [6, 6.07) is 16.0. The van der Waals surface area contributed by atoms with E-state index in [2.05, 4.69) is 42.2 Å². The van der Waals surface area contributed by atoms with Crippen molar-refractivity contribution in [2.24, 2.45) is 0 Å². The Morgan fingerprint density at radius 1 is 0.789 bits per heavy atom. The maximum atomic E-state index is 4.20. The van der Waals surface area contributed by atoms with Crippen molar-refractivity contribution in [3.63, 3.8) is 0 Å². The van der Waals surface area contributed by atoms with Crippen LogP contribution in [0.15, 0.2) is 63.7 Å². The second kappa shape index (κ2) is 5.27. The maximum absolute atomic E-state index is 4.20. The molecular formula is C14H9Br2N3. The van der Waals surface area contributed by atoms with Gasteiger partial charge in [-0.25, -0.2) is 4.68 Å². The van der Waals surface area contributed by atoms with Gasteiger partial charge in [0, 0.05) is 14.5 Å². The summed E-state index contributed by atoms with van der Waals surface area (Å²) in [7, 11) is 0. The Bertz CT molecular complexity index is 627. The van der Waals surface area contributed by atoms with E-state index >= 15 is 0 Å². The Hall–Kier alpha value is -1.46. The number of nitrogens with zero attached hydrogens (tertiary/aromatic N) is 3. The lowest BCUT2D eigenvalue weighted by atomic mass is 10.2. The highest BCUT2D eigenvalue weighted by molar-refractivity contribution is 9.10. The molecule has 0 saturated carbocycles. The second-order valence-electron chi connectivity index (χ2n) is 4.03. The highest BCUT2D eigenvalue weighted by Gasteiger charge is 2.05. The zero-order chi connectivity index (χ0) is 13.2. The first-order valence-corrected chi connectivity index (χ1v) is 7.25. The van der Waals surface area contributed by atoms with Crippen molar-refractivity contribution in [3.8, 4) is 16.9 Å². The number of hydrogen-bond acceptors (Lipinski definition) is 2. The summed E-state index contributed by atoms with van der Waals surface area (Å²) in [6.07, 6.45) is 1.92. The number of aromatic nitrogens is 3. The van der Waals surface area contributed by atoms with Gasteiger partial charge in [0.2, 0.25) is 0 Å². The fourth-order valence-electron chi connectivity index (χ4n) is 1.74. The molecule has 0 N–H and O–H groups in total. The lowest BCUT2D eigenvalue weighted by Gasteiger charge is -1.99. The fourth-order valence-corrected chi connectivity index (χ4v) is 2.27. The average molecular weight is 379 g/mol. The molecule has 2 aromatic carbocycles. The van der Waals surface area contributed by atoms with Gasteiger partial charge in [0.25, 0.3) is 0 Å². The molecule has 3 aromatic rings. The number of benzene rings is 2. The Morgan fingerprint density at radius 3 is 2.00 bits per heavy atom. The third-order valence-electron chi connectivity index (χ3n) is 2.72. The lowest BCUT2D eigenvalue weighted by molar-refractivity contribution is 0.804. The molecule has 0 atom stereocenters. The van der Waals surface area contributed by atoms with Crippen LogP contribution in [0.4, 0.5) is 0 Å². The normalized spacial score (nSPS) is 10.6. The Balaban J connectivity index is 1.95. The van der Waals surface area contributed by atoms with Crippen LogP contribution in [-0.2, 0) is 0 Å². The highest BCUT2D eigenvalue weighted by atomic mass is 79.9. The molecule has 0 saturated heterocycles. The molecule has 0 unspecified atom stereocenters. The molecule has 0 amide bonds. The number of hydrogen-bond donors (Lipinski definition) is 0. The van der Waals surface area contributed by atoms with E-state index in [0.717, 1.165) is 25.9 Å². The van der Waals surface area contributed by atoms with Crippen molar-refractivity contribution in [1.29, 1.82) is 0 Å². The Labute approximate surface area is 127 Å². The molecule has 0 fully saturated rings. The van der Waals surface area contributed by atoms with E-state index in [9.17, 15) is 0 Å². The van der Waals surface area contributed by atoms with E-state index in [4.69, 9.17) is 0 Å². The maximum Gasteiger partial charge on any atom is 0.113 e. The van der Waals surface area contributed by atoms with E-state index in [1.54, 1.807) is 4.68 Å². The smallest absolute Gasteiger partial charge is 0.113 e. The minimum atomic E-state index is 0.857. The summed E-state index contributed by atoms with van der Waals surface area (Å²) in [4.78, 5) is 0. The van der Waals surface area contributed by atoms with Crippen LogP contribution >= 0.6 is 31.9 Å². The van der Waals surface area contributed by atoms with Gasteiger partial charge in [-0.15, -0.1) is 5.10 Å². The van der Waals surface area contributed by atoms with Gasteiger partial charge in [-0.1, -0.05) is 49.2 Å². The van der Waals surface area contributed by atoms with Gasteiger partial charge in [0.05, 0.1) is 11.9 Å². The summed E-state index contributed by atoms with van der Waals surface area (Å²) in [5.41, 5.74) is 2.89. The first-order valence-electron chi connectivity index (χ1n) is 5.66. The standard InChI is InChI=1S/C14H9Br2N3/c15-11-3-1-10(2-4-11)14-9-19(18-17-14)13-7-5-12(16)6-8-13/h1-9H. The average Bonchev–Trinajstić information content (AvgIpc) is 2.90. The van der Waals surface area contributed by atoms with Crippen molar-refractivity contribution >= 4 is 31.9 Å². The number of rotatable bonds is 2. The number of halogens is 2. The first kappa shape index (κ1) is 12.6. The summed E-state index contributed by atoms with van der Waals surface area (Å²) in [5.74, 6) is 0. The molecule has 5 heteroatoms. The zero-order valence-electron chi connectivity index (χ0n) is 9.79. The van der Waals surface area contributed by atoms with Crippen molar-refractivity contribution in [2.45, 2.75) is 0 Å². The van der Waals surface area contributed by atoms with Gasteiger partial charge >= 0.3 is 0 Å². The highest BCUT2D eigenvalue weighted by Crippen LogP contribution is 2.20. The molecule has 3 rings (SSSR count). The van der Waals surface area contributed by atoms with Gasteiger partial charge < -0.3 is 0 Å². The van der Waals surface area contributed by atoms with Crippen LogP contribution < -0.4 is 0 Å². The topological polar surface area (TPSA) is 30.7 Å². The van der Waals surface area contributed by atoms with Crippen LogP contribution in [0.2, 0.25) is 0 Å². The predicted octanol–water partition coefficient (Wildman–Crippen LogP) is 4.46. The van der Waals surface area contributed by atoms with E-state index in [0.29, 0.717) is 0 Å². The van der Waals surface area contributed by atoms with Gasteiger partial charge in [-0.3, -0.25) is 0 Å².